The summed E-state index contributed by atoms with van der Waals surface area (Å²) in [5.41, 5.74) is 0.342. The lowest BCUT2D eigenvalue weighted by atomic mass is 10.1. The molecule has 1 amide bonds. The third-order valence-electron chi connectivity index (χ3n) is 2.85. The number of carboxylic acids is 1. The quantitative estimate of drug-likeness (QED) is 0.530. The number of benzene rings is 1. The number of rotatable bonds is 8. The highest BCUT2D eigenvalue weighted by Crippen LogP contribution is 2.37. The third kappa shape index (κ3) is 5.94. The molecular formula is C16H20BrNO5. The SMILES string of the molecule is CCCCOc1c(Br)cc(/C=C(/NC(C)=O)C(=O)O)cc1OC. The predicted molar refractivity (Wildman–Crippen MR) is 90.5 cm³/mol. The number of methoxy groups -OCH3 is 1. The summed E-state index contributed by atoms with van der Waals surface area (Å²) < 4.78 is 11.6. The summed E-state index contributed by atoms with van der Waals surface area (Å²) >= 11 is 3.40. The maximum Gasteiger partial charge on any atom is 0.352 e. The van der Waals surface area contributed by atoms with Crippen molar-refractivity contribution in [1.82, 2.24) is 5.32 Å². The second-order valence-electron chi connectivity index (χ2n) is 4.78. The van der Waals surface area contributed by atoms with Gasteiger partial charge in [0.25, 0.3) is 0 Å². The van der Waals surface area contributed by atoms with Gasteiger partial charge in [-0.3, -0.25) is 4.79 Å². The predicted octanol–water partition coefficient (Wildman–Crippen LogP) is 3.20. The zero-order chi connectivity index (χ0) is 17.4. The molecule has 0 radical (unpaired) electrons. The minimum absolute atomic E-state index is 0.217. The molecule has 0 spiro atoms. The van der Waals surface area contributed by atoms with E-state index in [-0.39, 0.29) is 5.70 Å². The van der Waals surface area contributed by atoms with Crippen molar-refractivity contribution in [2.24, 2.45) is 0 Å². The van der Waals surface area contributed by atoms with E-state index in [0.29, 0.717) is 28.1 Å². The largest absolute Gasteiger partial charge is 0.493 e. The van der Waals surface area contributed by atoms with E-state index in [1.165, 1.54) is 20.1 Å². The fraction of sp³-hybridized carbons (Fsp3) is 0.375. The summed E-state index contributed by atoms with van der Waals surface area (Å²) in [6.07, 6.45) is 3.29. The topological polar surface area (TPSA) is 84.9 Å². The van der Waals surface area contributed by atoms with Gasteiger partial charge in [0.05, 0.1) is 18.2 Å². The molecule has 0 atom stereocenters. The van der Waals surface area contributed by atoms with Gasteiger partial charge < -0.3 is 19.9 Å². The molecule has 0 aromatic heterocycles. The molecule has 1 aromatic carbocycles. The highest BCUT2D eigenvalue weighted by atomic mass is 79.9. The summed E-state index contributed by atoms with van der Waals surface area (Å²) in [4.78, 5) is 22.2. The Morgan fingerprint density at radius 3 is 2.61 bits per heavy atom. The van der Waals surface area contributed by atoms with Gasteiger partial charge in [-0.2, -0.15) is 0 Å². The van der Waals surface area contributed by atoms with Gasteiger partial charge in [0.1, 0.15) is 5.70 Å². The lowest BCUT2D eigenvalue weighted by Gasteiger charge is -2.13. The number of hydrogen-bond acceptors (Lipinski definition) is 4. The van der Waals surface area contributed by atoms with Crippen LogP contribution in [-0.4, -0.2) is 30.7 Å². The van der Waals surface area contributed by atoms with E-state index in [9.17, 15) is 9.59 Å². The fourth-order valence-electron chi connectivity index (χ4n) is 1.79. The smallest absolute Gasteiger partial charge is 0.352 e. The van der Waals surface area contributed by atoms with Crippen molar-refractivity contribution in [3.05, 3.63) is 27.9 Å². The number of ether oxygens (including phenoxy) is 2. The Kier molecular flexibility index (Phi) is 7.61. The van der Waals surface area contributed by atoms with E-state index < -0.39 is 11.9 Å². The third-order valence-corrected chi connectivity index (χ3v) is 3.44. The molecule has 0 bridgehead atoms. The molecular weight excluding hydrogens is 366 g/mol. The van der Waals surface area contributed by atoms with Crippen LogP contribution < -0.4 is 14.8 Å². The summed E-state index contributed by atoms with van der Waals surface area (Å²) in [7, 11) is 1.51. The van der Waals surface area contributed by atoms with E-state index in [0.717, 1.165) is 12.8 Å². The Labute approximate surface area is 143 Å². The molecule has 0 aliphatic heterocycles. The first-order valence-corrected chi connectivity index (χ1v) is 7.91. The van der Waals surface area contributed by atoms with Crippen LogP contribution in [0, 0.1) is 0 Å². The van der Waals surface area contributed by atoms with Crippen molar-refractivity contribution in [3.63, 3.8) is 0 Å². The van der Waals surface area contributed by atoms with Crippen LogP contribution in [0.25, 0.3) is 6.08 Å². The van der Waals surface area contributed by atoms with Crippen LogP contribution in [-0.2, 0) is 9.59 Å². The number of carbonyl (C=O) groups excluding carboxylic acids is 1. The van der Waals surface area contributed by atoms with Gasteiger partial charge >= 0.3 is 5.97 Å². The van der Waals surface area contributed by atoms with Crippen molar-refractivity contribution in [1.29, 1.82) is 0 Å². The number of amides is 1. The lowest BCUT2D eigenvalue weighted by Crippen LogP contribution is -2.24. The second-order valence-corrected chi connectivity index (χ2v) is 5.63. The number of carbonyl (C=O) groups is 2. The molecule has 0 heterocycles. The van der Waals surface area contributed by atoms with E-state index in [4.69, 9.17) is 14.6 Å². The Hall–Kier alpha value is -2.02. The average molecular weight is 386 g/mol. The van der Waals surface area contributed by atoms with Gasteiger partial charge in [-0.25, -0.2) is 4.79 Å². The summed E-state index contributed by atoms with van der Waals surface area (Å²) in [5, 5.41) is 11.4. The van der Waals surface area contributed by atoms with Crippen molar-refractivity contribution in [3.8, 4) is 11.5 Å². The van der Waals surface area contributed by atoms with Gasteiger partial charge in [-0.1, -0.05) is 13.3 Å². The molecule has 7 heteroatoms. The number of halogens is 1. The number of hydrogen-bond donors (Lipinski definition) is 2. The molecule has 0 saturated carbocycles. The van der Waals surface area contributed by atoms with E-state index >= 15 is 0 Å². The highest BCUT2D eigenvalue weighted by Gasteiger charge is 2.14. The molecule has 2 N–H and O–H groups in total. The van der Waals surface area contributed by atoms with Crippen LogP contribution >= 0.6 is 15.9 Å². The highest BCUT2D eigenvalue weighted by molar-refractivity contribution is 9.10. The zero-order valence-electron chi connectivity index (χ0n) is 13.3. The van der Waals surface area contributed by atoms with Gasteiger partial charge in [0.15, 0.2) is 11.5 Å². The van der Waals surface area contributed by atoms with Crippen LogP contribution in [0.4, 0.5) is 0 Å². The van der Waals surface area contributed by atoms with Crippen LogP contribution in [0.2, 0.25) is 0 Å². The first kappa shape index (κ1) is 19.0. The minimum Gasteiger partial charge on any atom is -0.493 e. The van der Waals surface area contributed by atoms with Gasteiger partial charge in [-0.15, -0.1) is 0 Å². The van der Waals surface area contributed by atoms with Gasteiger partial charge in [-0.05, 0) is 46.1 Å². The first-order valence-electron chi connectivity index (χ1n) is 7.12. The lowest BCUT2D eigenvalue weighted by molar-refractivity contribution is -0.134. The summed E-state index contributed by atoms with van der Waals surface area (Å²) in [5.74, 6) is -0.633. The standard InChI is InChI=1S/C16H20BrNO5/c1-4-5-6-23-15-12(17)7-11(9-14(15)22-3)8-13(16(20)21)18-10(2)19/h7-9H,4-6H2,1-3H3,(H,18,19)(H,20,21)/b13-8+. The number of unbranched alkanes of at least 4 members (excludes halogenated alkanes) is 1. The maximum atomic E-state index is 11.2. The van der Waals surface area contributed by atoms with Crippen LogP contribution in [0.15, 0.2) is 22.3 Å². The Bertz CT molecular complexity index is 613. The van der Waals surface area contributed by atoms with Gasteiger partial charge in [0, 0.05) is 6.92 Å². The Balaban J connectivity index is 3.16. The molecule has 126 valence electrons. The average Bonchev–Trinajstić information content (AvgIpc) is 2.47. The van der Waals surface area contributed by atoms with E-state index in [2.05, 4.69) is 28.2 Å². The number of carboxylic acid groups (broad SMARTS) is 1. The van der Waals surface area contributed by atoms with Crippen LogP contribution in [0.1, 0.15) is 32.3 Å². The Morgan fingerprint density at radius 2 is 2.09 bits per heavy atom. The number of aliphatic carboxylic acids is 1. The molecule has 1 aromatic rings. The molecule has 1 rings (SSSR count). The van der Waals surface area contributed by atoms with E-state index in [1.807, 2.05) is 0 Å². The molecule has 0 unspecified atom stereocenters. The summed E-state index contributed by atoms with van der Waals surface area (Å²) in [6.45, 7) is 3.88. The number of nitrogens with one attached hydrogen (secondary N) is 1. The van der Waals surface area contributed by atoms with Gasteiger partial charge in [0.2, 0.25) is 5.91 Å². The maximum absolute atomic E-state index is 11.2. The van der Waals surface area contributed by atoms with Crippen LogP contribution in [0.3, 0.4) is 0 Å². The second kappa shape index (κ2) is 9.19. The molecule has 6 nitrogen and oxygen atoms in total. The molecule has 23 heavy (non-hydrogen) atoms. The fourth-order valence-corrected chi connectivity index (χ4v) is 2.36. The first-order chi connectivity index (χ1) is 10.9. The molecule has 0 aliphatic rings. The summed E-state index contributed by atoms with van der Waals surface area (Å²) in [6, 6.07) is 3.35. The van der Waals surface area contributed by atoms with Crippen molar-refractivity contribution >= 4 is 33.9 Å². The normalized spacial score (nSPS) is 11.0. The molecule has 0 aliphatic carbocycles. The molecule has 0 fully saturated rings. The Morgan fingerprint density at radius 1 is 1.39 bits per heavy atom. The minimum atomic E-state index is -1.22. The van der Waals surface area contributed by atoms with Crippen molar-refractivity contribution in [2.45, 2.75) is 26.7 Å². The monoisotopic (exact) mass is 385 g/mol. The van der Waals surface area contributed by atoms with Crippen molar-refractivity contribution in [2.75, 3.05) is 13.7 Å². The van der Waals surface area contributed by atoms with Crippen molar-refractivity contribution < 1.29 is 24.2 Å². The van der Waals surface area contributed by atoms with E-state index in [1.54, 1.807) is 12.1 Å². The molecule has 0 saturated heterocycles. The zero-order valence-corrected chi connectivity index (χ0v) is 14.9. The van der Waals surface area contributed by atoms with Crippen LogP contribution in [0.5, 0.6) is 11.5 Å².